The quantitative estimate of drug-likeness (QED) is 0.643. The molecule has 6 nitrogen and oxygen atoms in total. The molecule has 1 aliphatic heterocycles. The standard InChI is InChI=1S/C15H23N5O/c16-18-12-5-6-17-14(11-12)15(21)20-9-7-19(8-10-20)13-3-1-2-4-13/h5-6,11,13H,1-4,7-10,16H2,(H,17,18). The van der Waals surface area contributed by atoms with Crippen molar-refractivity contribution in [2.45, 2.75) is 31.7 Å². The molecule has 1 aromatic heterocycles. The van der Waals surface area contributed by atoms with Crippen molar-refractivity contribution < 1.29 is 4.79 Å². The Morgan fingerprint density at radius 3 is 2.62 bits per heavy atom. The molecule has 0 unspecified atom stereocenters. The highest BCUT2D eigenvalue weighted by Gasteiger charge is 2.28. The average molecular weight is 289 g/mol. The molecule has 1 aromatic rings. The number of hydrogen-bond donors (Lipinski definition) is 2. The van der Waals surface area contributed by atoms with E-state index in [2.05, 4.69) is 15.3 Å². The highest BCUT2D eigenvalue weighted by molar-refractivity contribution is 5.93. The maximum atomic E-state index is 12.5. The monoisotopic (exact) mass is 289 g/mol. The SMILES string of the molecule is NNc1ccnc(C(=O)N2CCN(C3CCCC3)CC2)c1. The Balaban J connectivity index is 1.59. The molecule has 1 amide bonds. The molecule has 2 aliphatic rings. The number of aromatic nitrogens is 1. The maximum Gasteiger partial charge on any atom is 0.272 e. The van der Waals surface area contributed by atoms with Gasteiger partial charge in [-0.05, 0) is 25.0 Å². The van der Waals surface area contributed by atoms with Crippen LogP contribution in [0.15, 0.2) is 18.3 Å². The minimum atomic E-state index is -0.00169. The predicted molar refractivity (Wildman–Crippen MR) is 81.8 cm³/mol. The average Bonchev–Trinajstić information content (AvgIpc) is 3.09. The number of piperazine rings is 1. The van der Waals surface area contributed by atoms with E-state index in [1.165, 1.54) is 25.7 Å². The van der Waals surface area contributed by atoms with Gasteiger partial charge in [0.1, 0.15) is 5.69 Å². The molecule has 0 aromatic carbocycles. The minimum Gasteiger partial charge on any atom is -0.335 e. The third kappa shape index (κ3) is 3.16. The fraction of sp³-hybridized carbons (Fsp3) is 0.600. The largest absolute Gasteiger partial charge is 0.335 e. The molecular weight excluding hydrogens is 266 g/mol. The molecule has 21 heavy (non-hydrogen) atoms. The number of nitrogens with two attached hydrogens (primary N) is 1. The van der Waals surface area contributed by atoms with Crippen LogP contribution in [0.5, 0.6) is 0 Å². The number of carbonyl (C=O) groups is 1. The Morgan fingerprint density at radius 1 is 1.24 bits per heavy atom. The van der Waals surface area contributed by atoms with Gasteiger partial charge >= 0.3 is 0 Å². The molecule has 2 fully saturated rings. The molecule has 3 N–H and O–H groups in total. The van der Waals surface area contributed by atoms with Gasteiger partial charge in [0, 0.05) is 38.4 Å². The number of pyridine rings is 1. The van der Waals surface area contributed by atoms with Gasteiger partial charge in [-0.2, -0.15) is 0 Å². The van der Waals surface area contributed by atoms with Crippen LogP contribution >= 0.6 is 0 Å². The normalized spacial score (nSPS) is 20.7. The van der Waals surface area contributed by atoms with Gasteiger partial charge in [-0.25, -0.2) is 0 Å². The number of hydrogen-bond acceptors (Lipinski definition) is 5. The van der Waals surface area contributed by atoms with Crippen LogP contribution in [0.4, 0.5) is 5.69 Å². The molecule has 6 heteroatoms. The van der Waals surface area contributed by atoms with Crippen molar-refractivity contribution >= 4 is 11.6 Å². The number of nitrogen functional groups attached to an aromatic ring is 1. The summed E-state index contributed by atoms with van der Waals surface area (Å²) in [6.07, 6.45) is 6.95. The lowest BCUT2D eigenvalue weighted by Gasteiger charge is -2.37. The van der Waals surface area contributed by atoms with Crippen LogP contribution in [0.25, 0.3) is 0 Å². The van der Waals surface area contributed by atoms with E-state index in [1.807, 2.05) is 4.90 Å². The minimum absolute atomic E-state index is 0.00169. The fourth-order valence-electron chi connectivity index (χ4n) is 3.36. The molecule has 2 heterocycles. The highest BCUT2D eigenvalue weighted by atomic mass is 16.2. The second-order valence-corrected chi connectivity index (χ2v) is 5.84. The summed E-state index contributed by atoms with van der Waals surface area (Å²) in [7, 11) is 0. The Kier molecular flexibility index (Phi) is 4.36. The molecule has 1 saturated carbocycles. The fourth-order valence-corrected chi connectivity index (χ4v) is 3.36. The summed E-state index contributed by atoms with van der Waals surface area (Å²) in [4.78, 5) is 21.1. The first kappa shape index (κ1) is 14.3. The van der Waals surface area contributed by atoms with Gasteiger partial charge in [0.25, 0.3) is 5.91 Å². The molecule has 114 valence electrons. The molecule has 0 spiro atoms. The first-order valence-corrected chi connectivity index (χ1v) is 7.74. The van der Waals surface area contributed by atoms with Gasteiger partial charge in [-0.3, -0.25) is 20.5 Å². The Hall–Kier alpha value is -1.66. The van der Waals surface area contributed by atoms with Crippen LogP contribution in [0.1, 0.15) is 36.2 Å². The van der Waals surface area contributed by atoms with E-state index in [1.54, 1.807) is 18.3 Å². The molecule has 1 aliphatic carbocycles. The Bertz CT molecular complexity index is 493. The summed E-state index contributed by atoms with van der Waals surface area (Å²) in [5.74, 6) is 5.37. The number of amides is 1. The molecule has 3 rings (SSSR count). The second kappa shape index (κ2) is 6.41. The summed E-state index contributed by atoms with van der Waals surface area (Å²) < 4.78 is 0. The van der Waals surface area contributed by atoms with Crippen LogP contribution in [-0.2, 0) is 0 Å². The van der Waals surface area contributed by atoms with E-state index in [0.717, 1.165) is 32.2 Å². The summed E-state index contributed by atoms with van der Waals surface area (Å²) >= 11 is 0. The predicted octanol–water partition coefficient (Wildman–Crippen LogP) is 1.07. The van der Waals surface area contributed by atoms with Crippen LogP contribution in [0, 0.1) is 0 Å². The van der Waals surface area contributed by atoms with Gasteiger partial charge in [0.2, 0.25) is 0 Å². The van der Waals surface area contributed by atoms with Gasteiger partial charge in [0.05, 0.1) is 5.69 Å². The Morgan fingerprint density at radius 2 is 1.95 bits per heavy atom. The number of anilines is 1. The van der Waals surface area contributed by atoms with Crippen molar-refractivity contribution in [3.05, 3.63) is 24.0 Å². The van der Waals surface area contributed by atoms with Crippen molar-refractivity contribution in [3.63, 3.8) is 0 Å². The van der Waals surface area contributed by atoms with Crippen LogP contribution in [0.3, 0.4) is 0 Å². The second-order valence-electron chi connectivity index (χ2n) is 5.84. The first-order valence-electron chi connectivity index (χ1n) is 7.74. The lowest BCUT2D eigenvalue weighted by molar-refractivity contribution is 0.0568. The topological polar surface area (TPSA) is 74.5 Å². The summed E-state index contributed by atoms with van der Waals surface area (Å²) in [6.45, 7) is 3.53. The third-order valence-corrected chi connectivity index (χ3v) is 4.59. The van der Waals surface area contributed by atoms with Crippen molar-refractivity contribution in [3.8, 4) is 0 Å². The summed E-state index contributed by atoms with van der Waals surface area (Å²) in [5.41, 5.74) is 3.71. The zero-order chi connectivity index (χ0) is 14.7. The van der Waals surface area contributed by atoms with Crippen molar-refractivity contribution in [2.24, 2.45) is 5.84 Å². The molecule has 0 bridgehead atoms. The smallest absolute Gasteiger partial charge is 0.272 e. The molecule has 1 saturated heterocycles. The van der Waals surface area contributed by atoms with Gasteiger partial charge < -0.3 is 10.3 Å². The van der Waals surface area contributed by atoms with Gasteiger partial charge in [0.15, 0.2) is 0 Å². The lowest BCUT2D eigenvalue weighted by Crippen LogP contribution is -2.51. The van der Waals surface area contributed by atoms with Crippen molar-refractivity contribution in [1.82, 2.24) is 14.8 Å². The number of carbonyl (C=O) groups excluding carboxylic acids is 1. The number of nitrogens with zero attached hydrogens (tertiary/aromatic N) is 3. The summed E-state index contributed by atoms with van der Waals surface area (Å²) in [6, 6.07) is 4.19. The van der Waals surface area contributed by atoms with Crippen LogP contribution in [-0.4, -0.2) is 52.9 Å². The number of hydrazine groups is 1. The molecule has 0 radical (unpaired) electrons. The summed E-state index contributed by atoms with van der Waals surface area (Å²) in [5, 5.41) is 0. The number of rotatable bonds is 3. The molecular formula is C15H23N5O. The van der Waals surface area contributed by atoms with Crippen molar-refractivity contribution in [1.29, 1.82) is 0 Å². The third-order valence-electron chi connectivity index (χ3n) is 4.59. The van der Waals surface area contributed by atoms with E-state index < -0.39 is 0 Å². The van der Waals surface area contributed by atoms with Crippen LogP contribution in [0.2, 0.25) is 0 Å². The van der Waals surface area contributed by atoms with E-state index in [9.17, 15) is 4.79 Å². The maximum absolute atomic E-state index is 12.5. The van der Waals surface area contributed by atoms with Gasteiger partial charge in [-0.15, -0.1) is 0 Å². The van der Waals surface area contributed by atoms with Gasteiger partial charge in [-0.1, -0.05) is 12.8 Å². The lowest BCUT2D eigenvalue weighted by atomic mass is 10.1. The van der Waals surface area contributed by atoms with E-state index in [0.29, 0.717) is 11.4 Å². The number of nitrogens with one attached hydrogen (secondary N) is 1. The van der Waals surface area contributed by atoms with E-state index in [-0.39, 0.29) is 5.91 Å². The Labute approximate surface area is 125 Å². The highest BCUT2D eigenvalue weighted by Crippen LogP contribution is 2.24. The zero-order valence-corrected chi connectivity index (χ0v) is 12.3. The van der Waals surface area contributed by atoms with Crippen molar-refractivity contribution in [2.75, 3.05) is 31.6 Å². The van der Waals surface area contributed by atoms with E-state index in [4.69, 9.17) is 5.84 Å². The first-order chi connectivity index (χ1) is 10.3. The zero-order valence-electron chi connectivity index (χ0n) is 12.3. The van der Waals surface area contributed by atoms with Crippen LogP contribution < -0.4 is 11.3 Å². The molecule has 0 atom stereocenters. The van der Waals surface area contributed by atoms with E-state index >= 15 is 0 Å².